The standard InChI is InChI=1S/C16H17NO3S/c1-8-7-10(8)11-5-6-12(20-11)15-17-14-9(16(18)19)3-2-4-13(14)21-15/h5-6,8-10H,2-4,7H2,1H3,(H,18,19). The van der Waals surface area contributed by atoms with Crippen LogP contribution >= 0.6 is 11.3 Å². The van der Waals surface area contributed by atoms with Crippen molar-refractivity contribution in [3.8, 4) is 10.8 Å². The number of thiazole rings is 1. The van der Waals surface area contributed by atoms with Crippen LogP contribution in [0.1, 0.15) is 54.4 Å². The van der Waals surface area contributed by atoms with Crippen molar-refractivity contribution in [1.29, 1.82) is 0 Å². The van der Waals surface area contributed by atoms with E-state index in [9.17, 15) is 9.90 Å². The summed E-state index contributed by atoms with van der Waals surface area (Å²) in [6, 6.07) is 4.01. The Morgan fingerprint density at radius 3 is 3.00 bits per heavy atom. The van der Waals surface area contributed by atoms with E-state index >= 15 is 0 Å². The van der Waals surface area contributed by atoms with E-state index in [2.05, 4.69) is 11.9 Å². The predicted molar refractivity (Wildman–Crippen MR) is 79.7 cm³/mol. The average molecular weight is 303 g/mol. The van der Waals surface area contributed by atoms with Crippen LogP contribution in [0.15, 0.2) is 16.5 Å². The maximum Gasteiger partial charge on any atom is 0.312 e. The van der Waals surface area contributed by atoms with Gasteiger partial charge in [-0.1, -0.05) is 6.92 Å². The molecular weight excluding hydrogens is 286 g/mol. The van der Waals surface area contributed by atoms with Crippen molar-refractivity contribution in [2.75, 3.05) is 0 Å². The summed E-state index contributed by atoms with van der Waals surface area (Å²) in [5.41, 5.74) is 0.756. The molecule has 21 heavy (non-hydrogen) atoms. The maximum absolute atomic E-state index is 11.3. The van der Waals surface area contributed by atoms with Crippen LogP contribution in [0.5, 0.6) is 0 Å². The lowest BCUT2D eigenvalue weighted by Gasteiger charge is -2.16. The van der Waals surface area contributed by atoms with Gasteiger partial charge in [0, 0.05) is 10.8 Å². The normalized spacial score (nSPS) is 27.4. The second-order valence-electron chi connectivity index (χ2n) is 6.13. The first-order valence-corrected chi connectivity index (χ1v) is 8.27. The highest BCUT2D eigenvalue weighted by molar-refractivity contribution is 7.15. The fraction of sp³-hybridized carbons (Fsp3) is 0.500. The number of nitrogens with zero attached hydrogens (tertiary/aromatic N) is 1. The van der Waals surface area contributed by atoms with Gasteiger partial charge in [0.2, 0.25) is 0 Å². The Morgan fingerprint density at radius 1 is 1.48 bits per heavy atom. The number of rotatable bonds is 3. The third-order valence-corrected chi connectivity index (χ3v) is 5.71. The van der Waals surface area contributed by atoms with E-state index < -0.39 is 11.9 Å². The van der Waals surface area contributed by atoms with E-state index in [1.807, 2.05) is 12.1 Å². The highest BCUT2D eigenvalue weighted by Crippen LogP contribution is 2.48. The van der Waals surface area contributed by atoms with Crippen molar-refractivity contribution in [3.63, 3.8) is 0 Å². The van der Waals surface area contributed by atoms with Crippen LogP contribution in [0.4, 0.5) is 0 Å². The van der Waals surface area contributed by atoms with E-state index in [0.29, 0.717) is 18.3 Å². The third kappa shape index (κ3) is 2.20. The fourth-order valence-electron chi connectivity index (χ4n) is 3.15. The molecule has 4 nitrogen and oxygen atoms in total. The van der Waals surface area contributed by atoms with Gasteiger partial charge in [-0.25, -0.2) is 4.98 Å². The molecule has 1 N–H and O–H groups in total. The van der Waals surface area contributed by atoms with Crippen molar-refractivity contribution < 1.29 is 14.3 Å². The first-order valence-electron chi connectivity index (χ1n) is 7.46. The topological polar surface area (TPSA) is 63.3 Å². The zero-order valence-corrected chi connectivity index (χ0v) is 12.7. The van der Waals surface area contributed by atoms with Gasteiger partial charge in [0.1, 0.15) is 11.7 Å². The summed E-state index contributed by atoms with van der Waals surface area (Å²) < 4.78 is 5.94. The quantitative estimate of drug-likeness (QED) is 0.929. The first-order chi connectivity index (χ1) is 10.1. The Morgan fingerprint density at radius 2 is 2.29 bits per heavy atom. The fourth-order valence-corrected chi connectivity index (χ4v) is 4.28. The summed E-state index contributed by atoms with van der Waals surface area (Å²) in [7, 11) is 0. The number of carbonyl (C=O) groups is 1. The number of carboxylic acids is 1. The van der Waals surface area contributed by atoms with Gasteiger partial charge in [-0.3, -0.25) is 4.79 Å². The number of furan rings is 1. The van der Waals surface area contributed by atoms with Gasteiger partial charge >= 0.3 is 5.97 Å². The van der Waals surface area contributed by atoms with Crippen LogP contribution in [0, 0.1) is 5.92 Å². The zero-order valence-electron chi connectivity index (χ0n) is 11.8. The lowest BCUT2D eigenvalue weighted by atomic mass is 9.91. The summed E-state index contributed by atoms with van der Waals surface area (Å²) in [6.07, 6.45) is 3.75. The summed E-state index contributed by atoms with van der Waals surface area (Å²) >= 11 is 1.59. The van der Waals surface area contributed by atoms with Gasteiger partial charge in [0.25, 0.3) is 0 Å². The van der Waals surface area contributed by atoms with Crippen LogP contribution in [-0.4, -0.2) is 16.1 Å². The van der Waals surface area contributed by atoms with E-state index in [0.717, 1.165) is 39.9 Å². The molecule has 0 saturated heterocycles. The monoisotopic (exact) mass is 303 g/mol. The maximum atomic E-state index is 11.3. The van der Waals surface area contributed by atoms with Gasteiger partial charge in [0.15, 0.2) is 10.8 Å². The summed E-state index contributed by atoms with van der Waals surface area (Å²) in [6.45, 7) is 2.23. The number of carboxylic acid groups (broad SMARTS) is 1. The zero-order chi connectivity index (χ0) is 14.6. The van der Waals surface area contributed by atoms with Crippen LogP contribution in [0.25, 0.3) is 10.8 Å². The second kappa shape index (κ2) is 4.70. The molecule has 0 aromatic carbocycles. The van der Waals surface area contributed by atoms with Crippen LogP contribution in [-0.2, 0) is 11.2 Å². The molecule has 0 spiro atoms. The molecule has 5 heteroatoms. The molecule has 0 radical (unpaired) electrons. The number of hydrogen-bond acceptors (Lipinski definition) is 4. The van der Waals surface area contributed by atoms with Gasteiger partial charge in [-0.15, -0.1) is 11.3 Å². The molecule has 0 bridgehead atoms. The van der Waals surface area contributed by atoms with E-state index in [4.69, 9.17) is 4.42 Å². The molecule has 1 fully saturated rings. The molecule has 0 amide bonds. The minimum atomic E-state index is -0.764. The van der Waals surface area contributed by atoms with Crippen LogP contribution in [0.3, 0.4) is 0 Å². The largest absolute Gasteiger partial charge is 0.481 e. The third-order valence-electron chi connectivity index (χ3n) is 4.56. The van der Waals surface area contributed by atoms with Gasteiger partial charge < -0.3 is 9.52 Å². The Balaban J connectivity index is 1.67. The minimum absolute atomic E-state index is 0.448. The Bertz CT molecular complexity index is 702. The molecule has 2 aromatic rings. The van der Waals surface area contributed by atoms with Crippen LogP contribution < -0.4 is 0 Å². The highest BCUT2D eigenvalue weighted by Gasteiger charge is 2.37. The molecule has 0 aliphatic heterocycles. The van der Waals surface area contributed by atoms with Gasteiger partial charge in [-0.05, 0) is 43.7 Å². The molecule has 2 aliphatic rings. The summed E-state index contributed by atoms with van der Waals surface area (Å²) in [5, 5.41) is 10.1. The van der Waals surface area contributed by atoms with E-state index in [1.54, 1.807) is 11.3 Å². The molecule has 2 heterocycles. The van der Waals surface area contributed by atoms with Crippen molar-refractivity contribution >= 4 is 17.3 Å². The molecule has 110 valence electrons. The van der Waals surface area contributed by atoms with Gasteiger partial charge in [-0.2, -0.15) is 0 Å². The van der Waals surface area contributed by atoms with E-state index in [-0.39, 0.29) is 0 Å². The molecule has 3 unspecified atom stereocenters. The van der Waals surface area contributed by atoms with Crippen molar-refractivity contribution in [2.45, 2.75) is 44.4 Å². The number of fused-ring (bicyclic) bond motifs is 1. The Labute approximate surface area is 126 Å². The summed E-state index contributed by atoms with van der Waals surface area (Å²) in [5.74, 6) is 1.88. The predicted octanol–water partition coefficient (Wildman–Crippen LogP) is 4.03. The Hall–Kier alpha value is -1.62. The molecule has 2 aromatic heterocycles. The van der Waals surface area contributed by atoms with Crippen molar-refractivity contribution in [1.82, 2.24) is 4.98 Å². The molecule has 1 saturated carbocycles. The molecular formula is C16H17NO3S. The number of aryl methyl sites for hydroxylation is 1. The van der Waals surface area contributed by atoms with Crippen LogP contribution in [0.2, 0.25) is 0 Å². The van der Waals surface area contributed by atoms with E-state index in [1.165, 1.54) is 6.42 Å². The smallest absolute Gasteiger partial charge is 0.312 e. The molecule has 3 atom stereocenters. The Kier molecular flexibility index (Phi) is 2.92. The molecule has 4 rings (SSSR count). The lowest BCUT2D eigenvalue weighted by Crippen LogP contribution is -2.17. The average Bonchev–Trinajstić information content (AvgIpc) is 2.93. The van der Waals surface area contributed by atoms with Crippen molar-refractivity contribution in [2.24, 2.45) is 5.92 Å². The number of aromatic nitrogens is 1. The number of aliphatic carboxylic acids is 1. The second-order valence-corrected chi connectivity index (χ2v) is 7.22. The highest BCUT2D eigenvalue weighted by atomic mass is 32.1. The van der Waals surface area contributed by atoms with Gasteiger partial charge in [0.05, 0.1) is 5.69 Å². The first kappa shape index (κ1) is 13.1. The van der Waals surface area contributed by atoms with Crippen molar-refractivity contribution in [3.05, 3.63) is 28.5 Å². The molecule has 2 aliphatic carbocycles. The SMILES string of the molecule is CC1CC1c1ccc(-c2nc3c(s2)CCCC3C(=O)O)o1. The number of hydrogen-bond donors (Lipinski definition) is 1. The summed E-state index contributed by atoms with van der Waals surface area (Å²) in [4.78, 5) is 17.0. The lowest BCUT2D eigenvalue weighted by molar-refractivity contribution is -0.139. The minimum Gasteiger partial charge on any atom is -0.481 e.